The molecule has 0 unspecified atom stereocenters. The molecule has 1 N–H and O–H groups in total. The highest BCUT2D eigenvalue weighted by Gasteiger charge is 2.26. The van der Waals surface area contributed by atoms with Crippen LogP contribution < -0.4 is 5.32 Å². The third-order valence-electron chi connectivity index (χ3n) is 4.02. The fraction of sp³-hybridized carbons (Fsp3) is 0.105. The van der Waals surface area contributed by atoms with Crippen LogP contribution in [0.3, 0.4) is 0 Å². The quantitative estimate of drug-likeness (QED) is 0.555. The van der Waals surface area contributed by atoms with E-state index in [-0.39, 0.29) is 12.5 Å². The fourth-order valence-corrected chi connectivity index (χ4v) is 2.77. The van der Waals surface area contributed by atoms with Crippen LogP contribution in [0.2, 0.25) is 0 Å². The van der Waals surface area contributed by atoms with Crippen molar-refractivity contribution in [1.82, 2.24) is 25.1 Å². The summed E-state index contributed by atoms with van der Waals surface area (Å²) in [7, 11) is 0. The van der Waals surface area contributed by atoms with Crippen molar-refractivity contribution < 1.29 is 9.59 Å². The van der Waals surface area contributed by atoms with E-state index in [4.69, 9.17) is 0 Å². The number of hydrazone groups is 1. The number of amides is 3. The molecule has 27 heavy (non-hydrogen) atoms. The number of hydrogen-bond donors (Lipinski definition) is 1. The molecule has 1 aliphatic heterocycles. The molecule has 0 atom stereocenters. The number of carbonyl (C=O) groups excluding carboxylic acids is 2. The SMILES string of the molecule is O=C1CN(/N=C/c2cn(Cc3ccccc3)nc2-c2cccnc2)C(=O)N1. The van der Waals surface area contributed by atoms with E-state index in [0.717, 1.165) is 21.7 Å². The van der Waals surface area contributed by atoms with Crippen LogP contribution in [0.5, 0.6) is 0 Å². The van der Waals surface area contributed by atoms with Gasteiger partial charge in [-0.2, -0.15) is 10.2 Å². The normalized spacial score (nSPS) is 14.1. The summed E-state index contributed by atoms with van der Waals surface area (Å²) in [5.74, 6) is -0.371. The van der Waals surface area contributed by atoms with Crippen LogP contribution in [-0.4, -0.2) is 44.5 Å². The van der Waals surface area contributed by atoms with Crippen LogP contribution in [0.25, 0.3) is 11.3 Å². The van der Waals surface area contributed by atoms with Gasteiger partial charge < -0.3 is 0 Å². The zero-order valence-corrected chi connectivity index (χ0v) is 14.3. The van der Waals surface area contributed by atoms with Gasteiger partial charge in [0.2, 0.25) is 5.91 Å². The fourth-order valence-electron chi connectivity index (χ4n) is 2.77. The Balaban J connectivity index is 1.66. The molecule has 0 saturated carbocycles. The molecule has 8 nitrogen and oxygen atoms in total. The van der Waals surface area contributed by atoms with Crippen LogP contribution in [0, 0.1) is 0 Å². The van der Waals surface area contributed by atoms with Gasteiger partial charge in [0.05, 0.1) is 12.8 Å². The van der Waals surface area contributed by atoms with Crippen molar-refractivity contribution in [2.75, 3.05) is 6.54 Å². The van der Waals surface area contributed by atoms with Crippen LogP contribution in [-0.2, 0) is 11.3 Å². The first-order chi connectivity index (χ1) is 13.2. The summed E-state index contributed by atoms with van der Waals surface area (Å²) in [5.41, 5.74) is 3.39. The molecular weight excluding hydrogens is 344 g/mol. The lowest BCUT2D eigenvalue weighted by atomic mass is 10.1. The number of aromatic nitrogens is 3. The smallest absolute Gasteiger partial charge is 0.275 e. The lowest BCUT2D eigenvalue weighted by molar-refractivity contribution is -0.118. The molecule has 3 aromatic rings. The highest BCUT2D eigenvalue weighted by Crippen LogP contribution is 2.20. The number of urea groups is 1. The summed E-state index contributed by atoms with van der Waals surface area (Å²) >= 11 is 0. The van der Waals surface area contributed by atoms with Gasteiger partial charge in [0.25, 0.3) is 0 Å². The Kier molecular flexibility index (Phi) is 4.44. The monoisotopic (exact) mass is 360 g/mol. The Labute approximate surface area is 155 Å². The van der Waals surface area contributed by atoms with E-state index >= 15 is 0 Å². The second-order valence-corrected chi connectivity index (χ2v) is 6.01. The first kappa shape index (κ1) is 16.6. The predicted molar refractivity (Wildman–Crippen MR) is 98.8 cm³/mol. The lowest BCUT2D eigenvalue weighted by Crippen LogP contribution is -2.24. The third-order valence-corrected chi connectivity index (χ3v) is 4.02. The summed E-state index contributed by atoms with van der Waals surface area (Å²) < 4.78 is 1.81. The van der Waals surface area contributed by atoms with Gasteiger partial charge in [-0.3, -0.25) is 19.8 Å². The van der Waals surface area contributed by atoms with E-state index in [1.54, 1.807) is 12.4 Å². The summed E-state index contributed by atoms with van der Waals surface area (Å²) in [5, 5.41) is 12.1. The number of hydrogen-bond acceptors (Lipinski definition) is 5. The van der Waals surface area contributed by atoms with Crippen LogP contribution in [0.15, 0.2) is 66.2 Å². The zero-order chi connectivity index (χ0) is 18.6. The maximum atomic E-state index is 11.7. The molecule has 1 fully saturated rings. The van der Waals surface area contributed by atoms with Crippen molar-refractivity contribution in [3.05, 3.63) is 72.2 Å². The first-order valence-corrected chi connectivity index (χ1v) is 8.36. The van der Waals surface area contributed by atoms with Crippen molar-refractivity contribution in [3.63, 3.8) is 0 Å². The van der Waals surface area contributed by atoms with Crippen LogP contribution in [0.4, 0.5) is 4.79 Å². The Morgan fingerprint density at radius 2 is 2.00 bits per heavy atom. The number of pyridine rings is 1. The van der Waals surface area contributed by atoms with Gasteiger partial charge in [-0.05, 0) is 17.7 Å². The van der Waals surface area contributed by atoms with Gasteiger partial charge in [-0.1, -0.05) is 30.3 Å². The van der Waals surface area contributed by atoms with Crippen molar-refractivity contribution in [3.8, 4) is 11.3 Å². The number of nitrogens with zero attached hydrogens (tertiary/aromatic N) is 5. The van der Waals surface area contributed by atoms with Crippen LogP contribution >= 0.6 is 0 Å². The van der Waals surface area contributed by atoms with Gasteiger partial charge in [0, 0.05) is 29.7 Å². The summed E-state index contributed by atoms with van der Waals surface area (Å²) in [4.78, 5) is 27.1. The topological polar surface area (TPSA) is 92.5 Å². The summed E-state index contributed by atoms with van der Waals surface area (Å²) in [6, 6.07) is 13.2. The summed E-state index contributed by atoms with van der Waals surface area (Å²) in [6.45, 7) is 0.514. The van der Waals surface area contributed by atoms with Gasteiger partial charge >= 0.3 is 6.03 Å². The molecule has 1 aromatic carbocycles. The standard InChI is InChI=1S/C19H16N6O2/c26-17-13-25(19(27)22-17)21-10-16-12-24(11-14-5-2-1-3-6-14)23-18(16)15-7-4-8-20-9-15/h1-10,12H,11,13H2,(H,22,26,27)/b21-10+. The first-order valence-electron chi connectivity index (χ1n) is 8.36. The second-order valence-electron chi connectivity index (χ2n) is 6.01. The molecule has 0 aliphatic carbocycles. The Hall–Kier alpha value is -3.81. The molecule has 4 rings (SSSR count). The number of imide groups is 1. The molecule has 1 saturated heterocycles. The molecule has 8 heteroatoms. The minimum Gasteiger partial charge on any atom is -0.275 e. The van der Waals surface area contributed by atoms with Crippen molar-refractivity contribution in [2.24, 2.45) is 5.10 Å². The number of benzene rings is 1. The Morgan fingerprint density at radius 1 is 1.15 bits per heavy atom. The maximum absolute atomic E-state index is 11.7. The average molecular weight is 360 g/mol. The second kappa shape index (κ2) is 7.20. The van der Waals surface area contributed by atoms with Gasteiger partial charge in [0.1, 0.15) is 12.2 Å². The number of carbonyl (C=O) groups is 2. The van der Waals surface area contributed by atoms with Gasteiger partial charge in [-0.25, -0.2) is 9.80 Å². The van der Waals surface area contributed by atoms with E-state index in [1.807, 2.05) is 53.3 Å². The van der Waals surface area contributed by atoms with E-state index in [1.165, 1.54) is 6.21 Å². The Bertz CT molecular complexity index is 998. The molecule has 3 heterocycles. The highest BCUT2D eigenvalue weighted by atomic mass is 16.2. The minimum atomic E-state index is -0.532. The van der Waals surface area contributed by atoms with Gasteiger partial charge in [0.15, 0.2) is 0 Å². The molecule has 0 spiro atoms. The predicted octanol–water partition coefficient (Wildman–Crippen LogP) is 1.88. The largest absolute Gasteiger partial charge is 0.344 e. The molecule has 1 aliphatic rings. The van der Waals surface area contributed by atoms with Crippen molar-refractivity contribution >= 4 is 18.2 Å². The lowest BCUT2D eigenvalue weighted by Gasteiger charge is -2.04. The van der Waals surface area contributed by atoms with E-state index in [0.29, 0.717) is 12.2 Å². The van der Waals surface area contributed by atoms with E-state index < -0.39 is 6.03 Å². The highest BCUT2D eigenvalue weighted by molar-refractivity contribution is 6.02. The van der Waals surface area contributed by atoms with E-state index in [9.17, 15) is 9.59 Å². The van der Waals surface area contributed by atoms with Crippen LogP contribution in [0.1, 0.15) is 11.1 Å². The summed E-state index contributed by atoms with van der Waals surface area (Å²) in [6.07, 6.45) is 6.81. The van der Waals surface area contributed by atoms with Crippen molar-refractivity contribution in [2.45, 2.75) is 6.54 Å². The van der Waals surface area contributed by atoms with E-state index in [2.05, 4.69) is 20.5 Å². The van der Waals surface area contributed by atoms with Gasteiger partial charge in [-0.15, -0.1) is 0 Å². The molecular formula is C19H16N6O2. The number of nitrogens with one attached hydrogen (secondary N) is 1. The number of rotatable bonds is 5. The zero-order valence-electron chi connectivity index (χ0n) is 14.3. The third kappa shape index (κ3) is 3.74. The Morgan fingerprint density at radius 3 is 2.70 bits per heavy atom. The average Bonchev–Trinajstić information content (AvgIpc) is 3.23. The van der Waals surface area contributed by atoms with Crippen molar-refractivity contribution in [1.29, 1.82) is 0 Å². The molecule has 3 amide bonds. The minimum absolute atomic E-state index is 0.0876. The molecule has 134 valence electrons. The molecule has 0 radical (unpaired) electrons. The molecule has 2 aromatic heterocycles. The maximum Gasteiger partial charge on any atom is 0.344 e. The molecule has 0 bridgehead atoms.